The van der Waals surface area contributed by atoms with Gasteiger partial charge in [0.15, 0.2) is 0 Å². The van der Waals surface area contributed by atoms with Gasteiger partial charge in [-0.3, -0.25) is 4.79 Å². The van der Waals surface area contributed by atoms with Crippen LogP contribution in [0.15, 0.2) is 30.3 Å². The molecule has 0 aliphatic carbocycles. The number of halogens is 3. The molecule has 0 amide bonds. The Hall–Kier alpha value is -1.06. The van der Waals surface area contributed by atoms with Crippen LogP contribution in [0, 0.1) is 5.82 Å². The SMILES string of the molecule is CCOC(=O)C(Cl)C/C(=C/CCl)c1ccc(F)cc1. The molecular formula is C14H15Cl2FO2. The average Bonchev–Trinajstić information content (AvgIpc) is 2.39. The van der Waals surface area contributed by atoms with Gasteiger partial charge in [0.2, 0.25) is 0 Å². The van der Waals surface area contributed by atoms with Gasteiger partial charge in [0.1, 0.15) is 11.2 Å². The first-order chi connectivity index (χ1) is 9.08. The highest BCUT2D eigenvalue weighted by atomic mass is 35.5. The number of hydrogen-bond acceptors (Lipinski definition) is 2. The van der Waals surface area contributed by atoms with E-state index in [1.807, 2.05) is 0 Å². The van der Waals surface area contributed by atoms with Gasteiger partial charge in [-0.2, -0.15) is 0 Å². The minimum Gasteiger partial charge on any atom is -0.465 e. The fraction of sp³-hybridized carbons (Fsp3) is 0.357. The molecule has 104 valence electrons. The van der Waals surface area contributed by atoms with E-state index < -0.39 is 11.3 Å². The van der Waals surface area contributed by atoms with Crippen LogP contribution in [-0.4, -0.2) is 23.8 Å². The number of ether oxygens (including phenoxy) is 1. The minimum atomic E-state index is -0.778. The highest BCUT2D eigenvalue weighted by Gasteiger charge is 2.18. The molecule has 0 radical (unpaired) electrons. The Morgan fingerprint density at radius 2 is 2.05 bits per heavy atom. The summed E-state index contributed by atoms with van der Waals surface area (Å²) < 4.78 is 17.7. The monoisotopic (exact) mass is 304 g/mol. The van der Waals surface area contributed by atoms with E-state index >= 15 is 0 Å². The maximum Gasteiger partial charge on any atom is 0.324 e. The van der Waals surface area contributed by atoms with E-state index in [9.17, 15) is 9.18 Å². The topological polar surface area (TPSA) is 26.3 Å². The molecule has 19 heavy (non-hydrogen) atoms. The molecule has 0 aliphatic heterocycles. The van der Waals surface area contributed by atoms with Crippen LogP contribution in [0.3, 0.4) is 0 Å². The van der Waals surface area contributed by atoms with Crippen LogP contribution >= 0.6 is 23.2 Å². The summed E-state index contributed by atoms with van der Waals surface area (Å²) in [5.74, 6) is -0.493. The van der Waals surface area contributed by atoms with Crippen LogP contribution in [0.4, 0.5) is 4.39 Å². The normalized spacial score (nSPS) is 13.2. The fourth-order valence-electron chi connectivity index (χ4n) is 1.59. The maximum absolute atomic E-state index is 12.9. The first-order valence-corrected chi connectivity index (χ1v) is 6.87. The predicted molar refractivity (Wildman–Crippen MR) is 76.0 cm³/mol. The Kier molecular flexibility index (Phi) is 6.89. The third-order valence-corrected chi connectivity index (χ3v) is 2.97. The predicted octanol–water partition coefficient (Wildman–Crippen LogP) is 4.01. The molecule has 0 fully saturated rings. The average molecular weight is 305 g/mol. The summed E-state index contributed by atoms with van der Waals surface area (Å²) in [6, 6.07) is 5.96. The molecule has 0 saturated carbocycles. The van der Waals surface area contributed by atoms with Crippen molar-refractivity contribution in [1.82, 2.24) is 0 Å². The zero-order valence-electron chi connectivity index (χ0n) is 10.5. The van der Waals surface area contributed by atoms with Crippen LogP contribution in [-0.2, 0) is 9.53 Å². The number of benzene rings is 1. The first kappa shape index (κ1) is 16.0. The molecule has 1 rings (SSSR count). The van der Waals surface area contributed by atoms with Crippen LogP contribution in [0.5, 0.6) is 0 Å². The molecule has 1 atom stereocenters. The van der Waals surface area contributed by atoms with Crippen molar-refractivity contribution in [3.8, 4) is 0 Å². The van der Waals surface area contributed by atoms with Gasteiger partial charge in [0.25, 0.3) is 0 Å². The van der Waals surface area contributed by atoms with Gasteiger partial charge in [0.05, 0.1) is 6.61 Å². The lowest BCUT2D eigenvalue weighted by molar-refractivity contribution is -0.142. The van der Waals surface area contributed by atoms with E-state index in [2.05, 4.69) is 0 Å². The number of carbonyl (C=O) groups excluding carboxylic acids is 1. The second kappa shape index (κ2) is 8.18. The lowest BCUT2D eigenvalue weighted by Gasteiger charge is -2.12. The zero-order valence-corrected chi connectivity index (χ0v) is 12.0. The largest absolute Gasteiger partial charge is 0.465 e. The van der Waals surface area contributed by atoms with Crippen LogP contribution in [0.25, 0.3) is 5.57 Å². The van der Waals surface area contributed by atoms with Crippen molar-refractivity contribution in [2.24, 2.45) is 0 Å². The van der Waals surface area contributed by atoms with Crippen molar-refractivity contribution in [1.29, 1.82) is 0 Å². The lowest BCUT2D eigenvalue weighted by atomic mass is 10.0. The number of hydrogen-bond donors (Lipinski definition) is 0. The Morgan fingerprint density at radius 3 is 2.58 bits per heavy atom. The molecule has 0 saturated heterocycles. The van der Waals surface area contributed by atoms with Gasteiger partial charge in [-0.05, 0) is 36.6 Å². The molecule has 5 heteroatoms. The highest BCUT2D eigenvalue weighted by Crippen LogP contribution is 2.23. The quantitative estimate of drug-likeness (QED) is 0.586. The van der Waals surface area contributed by atoms with Gasteiger partial charge < -0.3 is 4.74 Å². The molecular weight excluding hydrogens is 290 g/mol. The van der Waals surface area contributed by atoms with Crippen LogP contribution in [0.2, 0.25) is 0 Å². The Bertz CT molecular complexity index is 443. The number of rotatable bonds is 6. The van der Waals surface area contributed by atoms with E-state index in [4.69, 9.17) is 27.9 Å². The third kappa shape index (κ3) is 5.21. The molecule has 1 aromatic carbocycles. The summed E-state index contributed by atoms with van der Waals surface area (Å²) in [6.07, 6.45) is 2.04. The molecule has 2 nitrogen and oxygen atoms in total. The number of allylic oxidation sites excluding steroid dienone is 2. The highest BCUT2D eigenvalue weighted by molar-refractivity contribution is 6.30. The Morgan fingerprint density at radius 1 is 1.42 bits per heavy atom. The van der Waals surface area contributed by atoms with Crippen molar-refractivity contribution >= 4 is 34.7 Å². The van der Waals surface area contributed by atoms with Crippen molar-refractivity contribution in [2.45, 2.75) is 18.7 Å². The number of carbonyl (C=O) groups is 1. The summed E-state index contributed by atoms with van der Waals surface area (Å²) in [6.45, 7) is 2.00. The Balaban J connectivity index is 2.82. The van der Waals surface area contributed by atoms with E-state index in [-0.39, 0.29) is 12.4 Å². The van der Waals surface area contributed by atoms with E-state index in [0.29, 0.717) is 12.3 Å². The maximum atomic E-state index is 12.9. The fourth-order valence-corrected chi connectivity index (χ4v) is 2.00. The number of alkyl halides is 2. The summed E-state index contributed by atoms with van der Waals surface area (Å²) in [5.41, 5.74) is 1.58. The smallest absolute Gasteiger partial charge is 0.324 e. The van der Waals surface area contributed by atoms with Crippen LogP contribution in [0.1, 0.15) is 18.9 Å². The van der Waals surface area contributed by atoms with Crippen molar-refractivity contribution in [3.63, 3.8) is 0 Å². The van der Waals surface area contributed by atoms with Gasteiger partial charge in [-0.15, -0.1) is 23.2 Å². The lowest BCUT2D eigenvalue weighted by Crippen LogP contribution is -2.18. The molecule has 0 N–H and O–H groups in total. The zero-order chi connectivity index (χ0) is 14.3. The van der Waals surface area contributed by atoms with Gasteiger partial charge in [-0.25, -0.2) is 4.39 Å². The van der Waals surface area contributed by atoms with E-state index in [0.717, 1.165) is 11.1 Å². The summed E-state index contributed by atoms with van der Waals surface area (Å²) in [4.78, 5) is 11.5. The molecule has 0 aromatic heterocycles. The summed E-state index contributed by atoms with van der Waals surface area (Å²) in [7, 11) is 0. The molecule has 0 aliphatic rings. The van der Waals surface area contributed by atoms with Gasteiger partial charge in [-0.1, -0.05) is 18.2 Å². The second-order valence-electron chi connectivity index (χ2n) is 3.81. The molecule has 0 bridgehead atoms. The number of esters is 1. The molecule has 0 heterocycles. The third-order valence-electron chi connectivity index (χ3n) is 2.48. The minimum absolute atomic E-state index is 0.285. The van der Waals surface area contributed by atoms with Gasteiger partial charge >= 0.3 is 5.97 Å². The summed E-state index contributed by atoms with van der Waals surface area (Å²) >= 11 is 11.7. The summed E-state index contributed by atoms with van der Waals surface area (Å²) in [5, 5.41) is -0.778. The Labute approximate surface area is 122 Å². The van der Waals surface area contributed by atoms with Crippen molar-refractivity contribution in [3.05, 3.63) is 41.7 Å². The molecule has 1 unspecified atom stereocenters. The molecule has 1 aromatic rings. The molecule has 0 spiro atoms. The second-order valence-corrected chi connectivity index (χ2v) is 4.65. The van der Waals surface area contributed by atoms with Gasteiger partial charge in [0, 0.05) is 5.88 Å². The standard InChI is InChI=1S/C14H15Cl2FO2/c1-2-19-14(18)13(16)9-11(7-8-15)10-3-5-12(17)6-4-10/h3-7,13H,2,8-9H2,1H3/b11-7-. The van der Waals surface area contributed by atoms with E-state index in [1.165, 1.54) is 12.1 Å². The first-order valence-electron chi connectivity index (χ1n) is 5.90. The van der Waals surface area contributed by atoms with E-state index in [1.54, 1.807) is 25.1 Å². The van der Waals surface area contributed by atoms with Crippen molar-refractivity contribution < 1.29 is 13.9 Å². The van der Waals surface area contributed by atoms with Crippen molar-refractivity contribution in [2.75, 3.05) is 12.5 Å². The van der Waals surface area contributed by atoms with Crippen LogP contribution < -0.4 is 0 Å².